The Balaban J connectivity index is 2.08. The lowest BCUT2D eigenvalue weighted by atomic mass is 10.2. The van der Waals surface area contributed by atoms with E-state index < -0.39 is 0 Å². The number of rotatable bonds is 6. The van der Waals surface area contributed by atoms with Crippen molar-refractivity contribution in [1.29, 1.82) is 0 Å². The smallest absolute Gasteiger partial charge is 0.164 e. The van der Waals surface area contributed by atoms with Gasteiger partial charge in [-0.2, -0.15) is 5.10 Å². The third kappa shape index (κ3) is 4.05. The molecule has 1 N–H and O–H groups in total. The molecule has 0 spiro atoms. The number of nitrogens with one attached hydrogen (secondary N) is 1. The highest BCUT2D eigenvalue weighted by molar-refractivity contribution is 9.10. The average Bonchev–Trinajstić information content (AvgIpc) is 2.84. The Kier molecular flexibility index (Phi) is 5.14. The Morgan fingerprint density at radius 2 is 2.20 bits per heavy atom. The van der Waals surface area contributed by atoms with Crippen molar-refractivity contribution in [3.8, 4) is 5.75 Å². The van der Waals surface area contributed by atoms with Gasteiger partial charge in [-0.3, -0.25) is 0 Å². The molecule has 0 saturated heterocycles. The maximum atomic E-state index is 5.36. The summed E-state index contributed by atoms with van der Waals surface area (Å²) in [4.78, 5) is 4.30. The number of hydrogen-bond donors (Lipinski definition) is 1. The molecule has 0 unspecified atom stereocenters. The van der Waals surface area contributed by atoms with Gasteiger partial charge in [-0.1, -0.05) is 29.8 Å². The second-order valence-corrected chi connectivity index (χ2v) is 5.77. The van der Waals surface area contributed by atoms with Crippen LogP contribution in [0.15, 0.2) is 29.0 Å². The van der Waals surface area contributed by atoms with Gasteiger partial charge >= 0.3 is 0 Å². The molecule has 6 heteroatoms. The second-order valence-electron chi connectivity index (χ2n) is 4.85. The third-order valence-corrected chi connectivity index (χ3v) is 3.32. The van der Waals surface area contributed by atoms with Crippen LogP contribution < -0.4 is 10.1 Å². The molecule has 0 aliphatic heterocycles. The molecule has 1 heterocycles. The molecule has 0 aliphatic carbocycles. The van der Waals surface area contributed by atoms with Gasteiger partial charge in [-0.25, -0.2) is 9.67 Å². The van der Waals surface area contributed by atoms with Gasteiger partial charge in [0, 0.05) is 16.1 Å². The van der Waals surface area contributed by atoms with E-state index in [-0.39, 0.29) is 0 Å². The number of methoxy groups -OCH3 is 1. The molecule has 0 atom stereocenters. The standard InChI is InChI=1S/C14H19BrN4O/c1-10(2)16-7-14-17-9-19(18-14)8-11-6-12(15)4-5-13(11)20-3/h4-6,9-10,16H,7-8H2,1-3H3. The van der Waals surface area contributed by atoms with E-state index in [0.29, 0.717) is 19.1 Å². The second kappa shape index (κ2) is 6.85. The summed E-state index contributed by atoms with van der Waals surface area (Å²) in [7, 11) is 1.67. The molecular formula is C14H19BrN4O. The van der Waals surface area contributed by atoms with Crippen LogP contribution >= 0.6 is 15.9 Å². The third-order valence-electron chi connectivity index (χ3n) is 2.83. The van der Waals surface area contributed by atoms with Crippen molar-refractivity contribution >= 4 is 15.9 Å². The van der Waals surface area contributed by atoms with E-state index in [1.165, 1.54) is 0 Å². The lowest BCUT2D eigenvalue weighted by Gasteiger charge is -2.08. The topological polar surface area (TPSA) is 52.0 Å². The molecule has 2 rings (SSSR count). The van der Waals surface area contributed by atoms with Gasteiger partial charge in [0.25, 0.3) is 0 Å². The van der Waals surface area contributed by atoms with Gasteiger partial charge in [0.15, 0.2) is 5.82 Å². The maximum Gasteiger partial charge on any atom is 0.164 e. The molecule has 0 amide bonds. The zero-order valence-corrected chi connectivity index (χ0v) is 13.5. The molecule has 0 aliphatic rings. The van der Waals surface area contributed by atoms with E-state index in [0.717, 1.165) is 21.6 Å². The van der Waals surface area contributed by atoms with Gasteiger partial charge in [-0.05, 0) is 18.2 Å². The highest BCUT2D eigenvalue weighted by Gasteiger charge is 2.07. The van der Waals surface area contributed by atoms with Crippen LogP contribution in [0.2, 0.25) is 0 Å². The number of halogens is 1. The highest BCUT2D eigenvalue weighted by Crippen LogP contribution is 2.23. The van der Waals surface area contributed by atoms with E-state index in [2.05, 4.69) is 45.2 Å². The SMILES string of the molecule is COc1ccc(Br)cc1Cn1cnc(CNC(C)C)n1. The Morgan fingerprint density at radius 3 is 2.90 bits per heavy atom. The first-order chi connectivity index (χ1) is 9.58. The largest absolute Gasteiger partial charge is 0.496 e. The summed E-state index contributed by atoms with van der Waals surface area (Å²) in [5.41, 5.74) is 1.06. The molecule has 0 saturated carbocycles. The van der Waals surface area contributed by atoms with Crippen LogP contribution in [0.1, 0.15) is 25.2 Å². The van der Waals surface area contributed by atoms with Crippen molar-refractivity contribution in [1.82, 2.24) is 20.1 Å². The van der Waals surface area contributed by atoms with Gasteiger partial charge in [-0.15, -0.1) is 0 Å². The van der Waals surface area contributed by atoms with Crippen LogP contribution in [0, 0.1) is 0 Å². The zero-order chi connectivity index (χ0) is 14.5. The molecule has 1 aromatic heterocycles. The summed E-state index contributed by atoms with van der Waals surface area (Å²) in [6.07, 6.45) is 1.75. The molecule has 5 nitrogen and oxygen atoms in total. The summed E-state index contributed by atoms with van der Waals surface area (Å²) in [6, 6.07) is 6.36. The van der Waals surface area contributed by atoms with E-state index >= 15 is 0 Å². The van der Waals surface area contributed by atoms with Gasteiger partial charge in [0.2, 0.25) is 0 Å². The number of hydrogen-bond acceptors (Lipinski definition) is 4. The lowest BCUT2D eigenvalue weighted by molar-refractivity contribution is 0.407. The van der Waals surface area contributed by atoms with Crippen molar-refractivity contribution in [2.45, 2.75) is 33.0 Å². The van der Waals surface area contributed by atoms with Gasteiger partial charge in [0.05, 0.1) is 20.2 Å². The van der Waals surface area contributed by atoms with E-state index in [9.17, 15) is 0 Å². The molecule has 0 radical (unpaired) electrons. The maximum absolute atomic E-state index is 5.36. The van der Waals surface area contributed by atoms with Crippen LogP contribution in [0.4, 0.5) is 0 Å². The molecule has 108 valence electrons. The first-order valence-electron chi connectivity index (χ1n) is 6.52. The highest BCUT2D eigenvalue weighted by atomic mass is 79.9. The van der Waals surface area contributed by atoms with Crippen LogP contribution in [0.25, 0.3) is 0 Å². The summed E-state index contributed by atoms with van der Waals surface area (Å²) in [5.74, 6) is 1.65. The average molecular weight is 339 g/mol. The predicted molar refractivity (Wildman–Crippen MR) is 81.8 cm³/mol. The summed E-state index contributed by atoms with van der Waals surface area (Å²) in [5, 5.41) is 7.75. The van der Waals surface area contributed by atoms with Crippen LogP contribution in [0.3, 0.4) is 0 Å². The van der Waals surface area contributed by atoms with Crippen molar-refractivity contribution in [3.05, 3.63) is 40.4 Å². The molecule has 20 heavy (non-hydrogen) atoms. The summed E-state index contributed by atoms with van der Waals surface area (Å²) < 4.78 is 8.21. The number of nitrogens with zero attached hydrogens (tertiary/aromatic N) is 3. The normalized spacial score (nSPS) is 11.1. The fourth-order valence-corrected chi connectivity index (χ4v) is 2.24. The van der Waals surface area contributed by atoms with Crippen LogP contribution in [-0.4, -0.2) is 27.9 Å². The fourth-order valence-electron chi connectivity index (χ4n) is 1.83. The Hall–Kier alpha value is -1.40. The summed E-state index contributed by atoms with van der Waals surface area (Å²) >= 11 is 3.47. The molecule has 2 aromatic rings. The molecule has 0 fully saturated rings. The van der Waals surface area contributed by atoms with Crippen molar-refractivity contribution in [3.63, 3.8) is 0 Å². The van der Waals surface area contributed by atoms with E-state index in [4.69, 9.17) is 4.74 Å². The van der Waals surface area contributed by atoms with Crippen LogP contribution in [-0.2, 0) is 13.1 Å². The van der Waals surface area contributed by atoms with Crippen LogP contribution in [0.5, 0.6) is 5.75 Å². The van der Waals surface area contributed by atoms with Crippen molar-refractivity contribution < 1.29 is 4.74 Å². The predicted octanol–water partition coefficient (Wildman–Crippen LogP) is 2.60. The van der Waals surface area contributed by atoms with Gasteiger partial charge < -0.3 is 10.1 Å². The Bertz CT molecular complexity index is 568. The van der Waals surface area contributed by atoms with E-state index in [1.807, 2.05) is 22.9 Å². The minimum Gasteiger partial charge on any atom is -0.496 e. The number of aromatic nitrogens is 3. The quantitative estimate of drug-likeness (QED) is 0.879. The number of benzene rings is 1. The Labute approximate surface area is 127 Å². The zero-order valence-electron chi connectivity index (χ0n) is 11.9. The lowest BCUT2D eigenvalue weighted by Crippen LogP contribution is -2.22. The first kappa shape index (κ1) is 15.0. The van der Waals surface area contributed by atoms with Crippen molar-refractivity contribution in [2.24, 2.45) is 0 Å². The number of ether oxygens (including phenoxy) is 1. The van der Waals surface area contributed by atoms with Gasteiger partial charge in [0.1, 0.15) is 12.1 Å². The summed E-state index contributed by atoms with van der Waals surface area (Å²) in [6.45, 7) is 5.52. The first-order valence-corrected chi connectivity index (χ1v) is 7.32. The molecule has 1 aromatic carbocycles. The molecular weight excluding hydrogens is 320 g/mol. The minimum atomic E-state index is 0.423. The van der Waals surface area contributed by atoms with Crippen molar-refractivity contribution in [2.75, 3.05) is 7.11 Å². The fraction of sp³-hybridized carbons (Fsp3) is 0.429. The van der Waals surface area contributed by atoms with E-state index in [1.54, 1.807) is 13.4 Å². The molecule has 0 bridgehead atoms. The Morgan fingerprint density at radius 1 is 1.40 bits per heavy atom. The monoisotopic (exact) mass is 338 g/mol. The minimum absolute atomic E-state index is 0.423.